The van der Waals surface area contributed by atoms with Crippen molar-refractivity contribution < 1.29 is 4.42 Å². The van der Waals surface area contributed by atoms with E-state index in [-0.39, 0.29) is 0 Å². The first-order valence-electron chi connectivity index (χ1n) is 7.23. The fourth-order valence-corrected chi connectivity index (χ4v) is 2.37. The molecule has 0 aliphatic carbocycles. The third-order valence-corrected chi connectivity index (χ3v) is 3.39. The molecule has 108 valence electrons. The molecule has 0 aliphatic rings. The van der Waals surface area contributed by atoms with Crippen molar-refractivity contribution in [2.45, 2.75) is 33.4 Å². The molecule has 1 N–H and O–H groups in total. The average molecular weight is 272 g/mol. The van der Waals surface area contributed by atoms with Gasteiger partial charge in [-0.05, 0) is 37.6 Å². The highest BCUT2D eigenvalue weighted by Crippen LogP contribution is 2.22. The molecule has 1 aromatic carbocycles. The van der Waals surface area contributed by atoms with Gasteiger partial charge in [0.2, 0.25) is 0 Å². The summed E-state index contributed by atoms with van der Waals surface area (Å²) < 4.78 is 5.14. The highest BCUT2D eigenvalue weighted by molar-refractivity contribution is 5.54. The van der Waals surface area contributed by atoms with Crippen LogP contribution in [-0.2, 0) is 13.1 Å². The van der Waals surface area contributed by atoms with Crippen LogP contribution in [0.1, 0.15) is 30.0 Å². The van der Waals surface area contributed by atoms with E-state index < -0.39 is 0 Å². The summed E-state index contributed by atoms with van der Waals surface area (Å²) in [6.07, 6.45) is 4.69. The maximum Gasteiger partial charge on any atom is 0.0952 e. The molecule has 3 nitrogen and oxygen atoms in total. The first-order chi connectivity index (χ1) is 9.70. The molecule has 1 aromatic heterocycles. The lowest BCUT2D eigenvalue weighted by Crippen LogP contribution is -2.21. The Balaban J connectivity index is 2.12. The molecule has 0 saturated heterocycles. The van der Waals surface area contributed by atoms with E-state index in [1.54, 1.807) is 12.5 Å². The molecule has 0 amide bonds. The molecule has 0 spiro atoms. The summed E-state index contributed by atoms with van der Waals surface area (Å²) in [5.41, 5.74) is 5.13. The highest BCUT2D eigenvalue weighted by Gasteiger charge is 2.09. The largest absolute Gasteiger partial charge is 0.472 e. The van der Waals surface area contributed by atoms with Gasteiger partial charge < -0.3 is 14.6 Å². The Hall–Kier alpha value is -1.74. The summed E-state index contributed by atoms with van der Waals surface area (Å²) in [7, 11) is 2.13. The number of hydrogen-bond donors (Lipinski definition) is 1. The molecule has 0 atom stereocenters. The summed E-state index contributed by atoms with van der Waals surface area (Å²) >= 11 is 0. The third-order valence-electron chi connectivity index (χ3n) is 3.39. The van der Waals surface area contributed by atoms with Crippen molar-refractivity contribution in [3.8, 4) is 0 Å². The van der Waals surface area contributed by atoms with Gasteiger partial charge in [0, 0.05) is 31.4 Å². The van der Waals surface area contributed by atoms with E-state index in [9.17, 15) is 0 Å². The van der Waals surface area contributed by atoms with E-state index in [2.05, 4.69) is 49.3 Å². The highest BCUT2D eigenvalue weighted by atomic mass is 16.3. The van der Waals surface area contributed by atoms with Crippen LogP contribution in [0.2, 0.25) is 0 Å². The van der Waals surface area contributed by atoms with Gasteiger partial charge >= 0.3 is 0 Å². The molecule has 2 aromatic rings. The zero-order chi connectivity index (χ0) is 14.4. The van der Waals surface area contributed by atoms with Gasteiger partial charge in [-0.2, -0.15) is 0 Å². The van der Waals surface area contributed by atoms with E-state index in [0.29, 0.717) is 0 Å². The van der Waals surface area contributed by atoms with Crippen LogP contribution in [0.3, 0.4) is 0 Å². The molecule has 0 aliphatic heterocycles. The van der Waals surface area contributed by atoms with E-state index >= 15 is 0 Å². The van der Waals surface area contributed by atoms with Crippen molar-refractivity contribution in [3.05, 3.63) is 53.5 Å². The van der Waals surface area contributed by atoms with E-state index in [1.165, 1.54) is 22.4 Å². The van der Waals surface area contributed by atoms with Crippen LogP contribution in [0.4, 0.5) is 5.69 Å². The summed E-state index contributed by atoms with van der Waals surface area (Å²) in [5.74, 6) is 0. The number of hydrogen-bond acceptors (Lipinski definition) is 3. The molecule has 0 bridgehead atoms. The number of rotatable bonds is 7. The minimum absolute atomic E-state index is 0.861. The monoisotopic (exact) mass is 272 g/mol. The van der Waals surface area contributed by atoms with Gasteiger partial charge in [0.25, 0.3) is 0 Å². The van der Waals surface area contributed by atoms with Crippen molar-refractivity contribution in [2.75, 3.05) is 18.5 Å². The Kier molecular flexibility index (Phi) is 5.24. The van der Waals surface area contributed by atoms with Crippen molar-refractivity contribution in [1.82, 2.24) is 5.32 Å². The van der Waals surface area contributed by atoms with E-state index in [1.807, 2.05) is 6.07 Å². The number of anilines is 1. The number of furan rings is 1. The predicted molar refractivity (Wildman–Crippen MR) is 84.0 cm³/mol. The zero-order valence-electron chi connectivity index (χ0n) is 12.6. The second-order valence-electron chi connectivity index (χ2n) is 5.30. The maximum atomic E-state index is 5.14. The van der Waals surface area contributed by atoms with E-state index in [0.717, 1.165) is 26.1 Å². The number of nitrogens with zero attached hydrogens (tertiary/aromatic N) is 1. The van der Waals surface area contributed by atoms with Crippen molar-refractivity contribution >= 4 is 5.69 Å². The summed E-state index contributed by atoms with van der Waals surface area (Å²) in [5, 5.41) is 3.49. The minimum Gasteiger partial charge on any atom is -0.472 e. The lowest BCUT2D eigenvalue weighted by Gasteiger charge is -2.22. The molecular formula is C17H24N2O. The summed E-state index contributed by atoms with van der Waals surface area (Å²) in [4.78, 5) is 2.27. The lowest BCUT2D eigenvalue weighted by molar-refractivity contribution is 0.563. The molecule has 0 saturated carbocycles. The van der Waals surface area contributed by atoms with Gasteiger partial charge in [0.1, 0.15) is 0 Å². The van der Waals surface area contributed by atoms with Crippen LogP contribution in [-0.4, -0.2) is 13.6 Å². The van der Waals surface area contributed by atoms with Crippen molar-refractivity contribution in [1.29, 1.82) is 0 Å². The quantitative estimate of drug-likeness (QED) is 0.779. The molecule has 1 heterocycles. The van der Waals surface area contributed by atoms with Gasteiger partial charge in [-0.3, -0.25) is 0 Å². The fraction of sp³-hybridized carbons (Fsp3) is 0.412. The van der Waals surface area contributed by atoms with Crippen molar-refractivity contribution in [2.24, 2.45) is 0 Å². The van der Waals surface area contributed by atoms with Crippen LogP contribution in [0.25, 0.3) is 0 Å². The Bertz CT molecular complexity index is 520. The molecular weight excluding hydrogens is 248 g/mol. The van der Waals surface area contributed by atoms with Gasteiger partial charge in [-0.1, -0.05) is 24.6 Å². The second kappa shape index (κ2) is 7.15. The predicted octanol–water partition coefficient (Wildman–Crippen LogP) is 3.72. The topological polar surface area (TPSA) is 28.4 Å². The second-order valence-corrected chi connectivity index (χ2v) is 5.30. The molecule has 20 heavy (non-hydrogen) atoms. The lowest BCUT2D eigenvalue weighted by atomic mass is 10.1. The zero-order valence-corrected chi connectivity index (χ0v) is 12.6. The Labute approximate surface area is 121 Å². The van der Waals surface area contributed by atoms with Crippen LogP contribution in [0.5, 0.6) is 0 Å². The number of aryl methyl sites for hydroxylation is 1. The van der Waals surface area contributed by atoms with Gasteiger partial charge in [-0.25, -0.2) is 0 Å². The molecule has 0 radical (unpaired) electrons. The van der Waals surface area contributed by atoms with E-state index in [4.69, 9.17) is 4.42 Å². The van der Waals surface area contributed by atoms with Gasteiger partial charge in [0.15, 0.2) is 0 Å². The maximum absolute atomic E-state index is 5.14. The number of nitrogens with one attached hydrogen (secondary N) is 1. The van der Waals surface area contributed by atoms with Gasteiger partial charge in [0.05, 0.1) is 12.5 Å². The average Bonchev–Trinajstić information content (AvgIpc) is 2.92. The summed E-state index contributed by atoms with van der Waals surface area (Å²) in [6, 6.07) is 8.66. The number of benzene rings is 1. The SMILES string of the molecule is CCCNCc1cc(C)ccc1N(C)Cc1ccoc1. The van der Waals surface area contributed by atoms with Crippen LogP contribution in [0.15, 0.2) is 41.2 Å². The Morgan fingerprint density at radius 2 is 2.10 bits per heavy atom. The molecule has 3 heteroatoms. The van der Waals surface area contributed by atoms with Crippen LogP contribution >= 0.6 is 0 Å². The van der Waals surface area contributed by atoms with Crippen LogP contribution in [0, 0.1) is 6.92 Å². The minimum atomic E-state index is 0.861. The third kappa shape index (κ3) is 3.87. The molecule has 0 unspecified atom stereocenters. The summed E-state index contributed by atoms with van der Waals surface area (Å²) in [6.45, 7) is 7.16. The first kappa shape index (κ1) is 14.7. The molecule has 0 fully saturated rings. The molecule has 2 rings (SSSR count). The van der Waals surface area contributed by atoms with Crippen molar-refractivity contribution in [3.63, 3.8) is 0 Å². The van der Waals surface area contributed by atoms with Crippen LogP contribution < -0.4 is 10.2 Å². The van der Waals surface area contributed by atoms with Gasteiger partial charge in [-0.15, -0.1) is 0 Å². The fourth-order valence-electron chi connectivity index (χ4n) is 2.37. The smallest absolute Gasteiger partial charge is 0.0952 e. The first-order valence-corrected chi connectivity index (χ1v) is 7.23. The standard InChI is InChI=1S/C17H24N2O/c1-4-8-18-11-16-10-14(2)5-6-17(16)19(3)12-15-7-9-20-13-15/h5-7,9-10,13,18H,4,8,11-12H2,1-3H3. The Morgan fingerprint density at radius 3 is 2.80 bits per heavy atom. The normalized spacial score (nSPS) is 10.8. The Morgan fingerprint density at radius 1 is 1.25 bits per heavy atom.